The molecule has 0 fully saturated rings. The average Bonchev–Trinajstić information content (AvgIpc) is 2.66. The number of nitrogens with zero attached hydrogens (tertiary/aromatic N) is 2. The van der Waals surface area contributed by atoms with E-state index >= 15 is 0 Å². The van der Waals surface area contributed by atoms with Crippen molar-refractivity contribution in [3.05, 3.63) is 54.2 Å². The van der Waals surface area contributed by atoms with Gasteiger partial charge in [0.25, 0.3) is 0 Å². The van der Waals surface area contributed by atoms with Gasteiger partial charge < -0.3 is 20.1 Å². The van der Waals surface area contributed by atoms with Crippen molar-refractivity contribution < 1.29 is 9.47 Å². The van der Waals surface area contributed by atoms with E-state index in [4.69, 9.17) is 9.47 Å². The van der Waals surface area contributed by atoms with Crippen LogP contribution in [0, 0.1) is 0 Å². The lowest BCUT2D eigenvalue weighted by molar-refractivity contribution is 0.311. The second kappa shape index (κ2) is 10.9. The lowest BCUT2D eigenvalue weighted by atomic mass is 10.2. The predicted octanol–water partition coefficient (Wildman–Crippen LogP) is 2.61. The van der Waals surface area contributed by atoms with Crippen LogP contribution in [0.15, 0.2) is 53.7 Å². The monoisotopic (exact) mass is 342 g/mol. The number of ether oxygens (including phenoxy) is 2. The van der Waals surface area contributed by atoms with Gasteiger partial charge in [-0.2, -0.15) is 0 Å². The van der Waals surface area contributed by atoms with Crippen LogP contribution in [0.2, 0.25) is 0 Å². The van der Waals surface area contributed by atoms with Crippen LogP contribution >= 0.6 is 0 Å². The summed E-state index contributed by atoms with van der Waals surface area (Å²) < 4.78 is 11.2. The summed E-state index contributed by atoms with van der Waals surface area (Å²) in [5, 5.41) is 6.55. The first-order valence-corrected chi connectivity index (χ1v) is 8.52. The Kier molecular flexibility index (Phi) is 8.11. The number of aromatic nitrogens is 1. The zero-order valence-corrected chi connectivity index (χ0v) is 14.9. The Hall–Kier alpha value is -2.76. The number of pyridine rings is 1. The van der Waals surface area contributed by atoms with E-state index in [0.29, 0.717) is 25.6 Å². The molecule has 2 aromatic rings. The van der Waals surface area contributed by atoms with Crippen molar-refractivity contribution >= 4 is 5.96 Å². The van der Waals surface area contributed by atoms with E-state index in [1.54, 1.807) is 13.2 Å². The molecule has 1 aromatic carbocycles. The minimum absolute atomic E-state index is 0.596. The van der Waals surface area contributed by atoms with E-state index in [1.165, 1.54) is 0 Å². The van der Waals surface area contributed by atoms with Gasteiger partial charge in [0.2, 0.25) is 5.88 Å². The van der Waals surface area contributed by atoms with Gasteiger partial charge in [0.05, 0.1) is 13.2 Å². The molecule has 0 radical (unpaired) electrons. The third-order valence-electron chi connectivity index (χ3n) is 3.43. The predicted molar refractivity (Wildman–Crippen MR) is 100 cm³/mol. The Morgan fingerprint density at radius 1 is 1.08 bits per heavy atom. The van der Waals surface area contributed by atoms with E-state index in [9.17, 15) is 0 Å². The molecular weight excluding hydrogens is 316 g/mol. The van der Waals surface area contributed by atoms with Crippen molar-refractivity contribution in [1.82, 2.24) is 15.6 Å². The Balaban J connectivity index is 1.69. The zero-order chi connectivity index (χ0) is 17.7. The highest BCUT2D eigenvalue weighted by molar-refractivity contribution is 5.79. The summed E-state index contributed by atoms with van der Waals surface area (Å²) in [6.45, 7) is 4.58. The number of rotatable bonds is 9. The largest absolute Gasteiger partial charge is 0.494 e. The van der Waals surface area contributed by atoms with E-state index in [-0.39, 0.29) is 0 Å². The number of aliphatic imine (C=N–C) groups is 1. The molecule has 0 bridgehead atoms. The van der Waals surface area contributed by atoms with Crippen LogP contribution in [-0.2, 0) is 6.54 Å². The van der Waals surface area contributed by atoms with E-state index in [2.05, 4.69) is 20.6 Å². The van der Waals surface area contributed by atoms with Gasteiger partial charge in [0, 0.05) is 31.9 Å². The number of guanidine groups is 1. The minimum Gasteiger partial charge on any atom is -0.494 e. The van der Waals surface area contributed by atoms with Crippen molar-refractivity contribution in [2.45, 2.75) is 19.9 Å². The fourth-order valence-corrected chi connectivity index (χ4v) is 2.21. The first-order chi connectivity index (χ1) is 12.3. The van der Waals surface area contributed by atoms with Crippen LogP contribution in [-0.4, -0.2) is 37.7 Å². The van der Waals surface area contributed by atoms with Crippen molar-refractivity contribution in [1.29, 1.82) is 0 Å². The summed E-state index contributed by atoms with van der Waals surface area (Å²) in [6.07, 6.45) is 2.61. The maximum atomic E-state index is 5.67. The van der Waals surface area contributed by atoms with Crippen LogP contribution in [0.3, 0.4) is 0 Å². The van der Waals surface area contributed by atoms with Crippen LogP contribution in [0.4, 0.5) is 0 Å². The summed E-state index contributed by atoms with van der Waals surface area (Å²) in [7, 11) is 1.75. The van der Waals surface area contributed by atoms with Gasteiger partial charge in [-0.15, -0.1) is 0 Å². The van der Waals surface area contributed by atoms with Crippen LogP contribution in [0.5, 0.6) is 11.6 Å². The first-order valence-electron chi connectivity index (χ1n) is 8.52. The molecule has 1 heterocycles. The Morgan fingerprint density at radius 2 is 1.92 bits per heavy atom. The third-order valence-corrected chi connectivity index (χ3v) is 3.43. The molecule has 134 valence electrons. The quantitative estimate of drug-likeness (QED) is 0.416. The second-order valence-corrected chi connectivity index (χ2v) is 5.27. The van der Waals surface area contributed by atoms with Crippen LogP contribution in [0.1, 0.15) is 18.9 Å². The molecule has 0 amide bonds. The molecule has 6 nitrogen and oxygen atoms in total. The molecule has 2 rings (SSSR count). The molecule has 0 saturated heterocycles. The molecular formula is C19H26N4O2. The van der Waals surface area contributed by atoms with Gasteiger partial charge in [-0.25, -0.2) is 4.98 Å². The lowest BCUT2D eigenvalue weighted by Gasteiger charge is -2.14. The molecule has 0 spiro atoms. The Labute approximate surface area is 149 Å². The van der Waals surface area contributed by atoms with Crippen molar-refractivity contribution in [3.63, 3.8) is 0 Å². The van der Waals surface area contributed by atoms with E-state index in [0.717, 1.165) is 30.2 Å². The van der Waals surface area contributed by atoms with Crippen molar-refractivity contribution in [2.75, 3.05) is 26.8 Å². The van der Waals surface area contributed by atoms with Gasteiger partial charge >= 0.3 is 0 Å². The average molecular weight is 342 g/mol. The number of hydrogen-bond acceptors (Lipinski definition) is 4. The summed E-state index contributed by atoms with van der Waals surface area (Å²) >= 11 is 0. The molecule has 6 heteroatoms. The second-order valence-electron chi connectivity index (χ2n) is 5.27. The van der Waals surface area contributed by atoms with E-state index < -0.39 is 0 Å². The highest BCUT2D eigenvalue weighted by Crippen LogP contribution is 2.13. The van der Waals surface area contributed by atoms with Gasteiger partial charge in [-0.1, -0.05) is 24.3 Å². The topological polar surface area (TPSA) is 67.8 Å². The van der Waals surface area contributed by atoms with Crippen molar-refractivity contribution in [2.24, 2.45) is 4.99 Å². The van der Waals surface area contributed by atoms with Crippen LogP contribution < -0.4 is 20.1 Å². The molecule has 0 unspecified atom stereocenters. The normalized spacial score (nSPS) is 11.0. The molecule has 0 aliphatic heterocycles. The first kappa shape index (κ1) is 18.6. The van der Waals surface area contributed by atoms with Crippen molar-refractivity contribution in [3.8, 4) is 11.6 Å². The summed E-state index contributed by atoms with van der Waals surface area (Å²) in [5.41, 5.74) is 1.000. The van der Waals surface area contributed by atoms with Gasteiger partial charge in [0.15, 0.2) is 5.96 Å². The van der Waals surface area contributed by atoms with Crippen LogP contribution in [0.25, 0.3) is 0 Å². The number of benzene rings is 1. The molecule has 2 N–H and O–H groups in total. The zero-order valence-electron chi connectivity index (χ0n) is 14.9. The number of para-hydroxylation sites is 1. The molecule has 0 atom stereocenters. The fraction of sp³-hybridized carbons (Fsp3) is 0.368. The van der Waals surface area contributed by atoms with Gasteiger partial charge in [0.1, 0.15) is 5.75 Å². The fourth-order valence-electron chi connectivity index (χ4n) is 2.21. The lowest BCUT2D eigenvalue weighted by Crippen LogP contribution is -2.37. The Bertz CT molecular complexity index is 647. The van der Waals surface area contributed by atoms with Gasteiger partial charge in [-0.05, 0) is 31.5 Å². The summed E-state index contributed by atoms with van der Waals surface area (Å²) in [5.74, 6) is 2.29. The molecule has 0 saturated carbocycles. The highest BCUT2D eigenvalue weighted by Gasteiger charge is 2.05. The molecule has 25 heavy (non-hydrogen) atoms. The number of nitrogens with one attached hydrogen (secondary N) is 2. The SMILES string of the molecule is CCOc1ncccc1CNC(=NC)NCCCOc1ccccc1. The molecule has 0 aliphatic carbocycles. The smallest absolute Gasteiger partial charge is 0.218 e. The maximum absolute atomic E-state index is 5.67. The van der Waals surface area contributed by atoms with Gasteiger partial charge in [-0.3, -0.25) is 4.99 Å². The summed E-state index contributed by atoms with van der Waals surface area (Å²) in [6, 6.07) is 13.7. The third kappa shape index (κ3) is 6.71. The Morgan fingerprint density at radius 3 is 2.68 bits per heavy atom. The summed E-state index contributed by atoms with van der Waals surface area (Å²) in [4.78, 5) is 8.48. The maximum Gasteiger partial charge on any atom is 0.218 e. The highest BCUT2D eigenvalue weighted by atomic mass is 16.5. The minimum atomic E-state index is 0.596. The van der Waals surface area contributed by atoms with E-state index in [1.807, 2.05) is 49.4 Å². The standard InChI is InChI=1S/C19H26N4O2/c1-3-24-18-16(9-7-12-21-18)15-23-19(20-2)22-13-8-14-25-17-10-5-4-6-11-17/h4-7,9-12H,3,8,13-15H2,1-2H3,(H2,20,22,23). The number of hydrogen-bond donors (Lipinski definition) is 2. The molecule has 0 aliphatic rings. The molecule has 1 aromatic heterocycles.